The van der Waals surface area contributed by atoms with Crippen LogP contribution in [0.1, 0.15) is 13.8 Å². The molecule has 0 radical (unpaired) electrons. The molecule has 0 aliphatic carbocycles. The number of hydroxylamine groups is 1. The Hall–Kier alpha value is -0.160. The molecule has 12 heavy (non-hydrogen) atoms. The van der Waals surface area contributed by atoms with Crippen LogP contribution in [0.25, 0.3) is 0 Å². The van der Waals surface area contributed by atoms with E-state index in [1.807, 2.05) is 33.0 Å². The van der Waals surface area contributed by atoms with Crippen LogP contribution in [0.5, 0.6) is 0 Å². The third kappa shape index (κ3) is 4.66. The van der Waals surface area contributed by atoms with Gasteiger partial charge in [0.05, 0.1) is 0 Å². The van der Waals surface area contributed by atoms with Gasteiger partial charge in [0.15, 0.2) is 0 Å². The van der Waals surface area contributed by atoms with Gasteiger partial charge >= 0.3 is 0 Å². The number of rotatable bonds is 6. The van der Waals surface area contributed by atoms with Crippen molar-refractivity contribution in [2.45, 2.75) is 13.8 Å². The van der Waals surface area contributed by atoms with Gasteiger partial charge in [0.1, 0.15) is 0 Å². The zero-order valence-corrected chi connectivity index (χ0v) is 8.62. The Kier molecular flexibility index (Phi) is 6.28. The maximum atomic E-state index is 9.37. The monoisotopic (exact) mass is 175 g/mol. The average molecular weight is 175 g/mol. The molecule has 0 aromatic carbocycles. The van der Waals surface area contributed by atoms with Crippen molar-refractivity contribution < 1.29 is 5.21 Å². The summed E-state index contributed by atoms with van der Waals surface area (Å²) in [5, 5.41) is 12.6. The summed E-state index contributed by atoms with van der Waals surface area (Å²) in [5.41, 5.74) is 0. The van der Waals surface area contributed by atoms with E-state index in [9.17, 15) is 5.21 Å². The first-order valence-electron chi connectivity index (χ1n) is 4.47. The molecule has 0 atom stereocenters. The van der Waals surface area contributed by atoms with Crippen LogP contribution >= 0.6 is 0 Å². The largest absolute Gasteiger partial charge is 0.308 e. The van der Waals surface area contributed by atoms with Crippen molar-refractivity contribution in [2.75, 3.05) is 40.3 Å². The summed E-state index contributed by atoms with van der Waals surface area (Å²) in [5.74, 6) is 0. The molecular weight excluding hydrogens is 154 g/mol. The maximum absolute atomic E-state index is 9.37. The molecule has 0 aliphatic heterocycles. The summed E-state index contributed by atoms with van der Waals surface area (Å²) in [4.78, 5) is 2.10. The third-order valence-corrected chi connectivity index (χ3v) is 1.78. The molecule has 0 bridgehead atoms. The molecule has 74 valence electrons. The molecular formula is C8H21N3O. The van der Waals surface area contributed by atoms with Crippen LogP contribution in [0.4, 0.5) is 0 Å². The van der Waals surface area contributed by atoms with Crippen LogP contribution in [0, 0.1) is 0 Å². The minimum atomic E-state index is 0.640. The SMILES string of the molecule is CCN(O)N(CC)CCN(C)C. The average Bonchev–Trinajstić information content (AvgIpc) is 2.04. The van der Waals surface area contributed by atoms with Gasteiger partial charge in [-0.2, -0.15) is 0 Å². The predicted octanol–water partition coefficient (Wildman–Crippen LogP) is 0.496. The highest BCUT2D eigenvalue weighted by Crippen LogP contribution is 1.93. The first-order valence-corrected chi connectivity index (χ1v) is 4.47. The number of hydrogen-bond donors (Lipinski definition) is 1. The van der Waals surface area contributed by atoms with Gasteiger partial charge in [0.25, 0.3) is 0 Å². The predicted molar refractivity (Wildman–Crippen MR) is 50.0 cm³/mol. The van der Waals surface area contributed by atoms with E-state index < -0.39 is 0 Å². The number of likely N-dealkylation sites (N-methyl/N-ethyl adjacent to an activating group) is 2. The van der Waals surface area contributed by atoms with Gasteiger partial charge in [-0.3, -0.25) is 5.21 Å². The first-order chi connectivity index (χ1) is 5.61. The van der Waals surface area contributed by atoms with Gasteiger partial charge in [0, 0.05) is 26.2 Å². The minimum absolute atomic E-state index is 0.640. The lowest BCUT2D eigenvalue weighted by Crippen LogP contribution is -2.43. The molecule has 0 saturated carbocycles. The fourth-order valence-electron chi connectivity index (χ4n) is 0.952. The Balaban J connectivity index is 3.67. The van der Waals surface area contributed by atoms with Crippen molar-refractivity contribution in [3.05, 3.63) is 0 Å². The highest BCUT2D eigenvalue weighted by atomic mass is 16.5. The Morgan fingerprint density at radius 1 is 1.00 bits per heavy atom. The molecule has 0 rings (SSSR count). The Morgan fingerprint density at radius 3 is 1.92 bits per heavy atom. The molecule has 0 unspecified atom stereocenters. The van der Waals surface area contributed by atoms with Gasteiger partial charge in [-0.15, -0.1) is 5.17 Å². The van der Waals surface area contributed by atoms with Gasteiger partial charge in [-0.25, -0.2) is 5.01 Å². The van der Waals surface area contributed by atoms with Crippen LogP contribution in [-0.4, -0.2) is 60.6 Å². The Bertz CT molecular complexity index is 108. The standard InChI is InChI=1S/C8H21N3O/c1-5-10(11(12)6-2)8-7-9(3)4/h12H,5-8H2,1-4H3. The highest BCUT2D eigenvalue weighted by Gasteiger charge is 2.07. The molecule has 4 heteroatoms. The van der Waals surface area contributed by atoms with Crippen molar-refractivity contribution in [3.8, 4) is 0 Å². The zero-order chi connectivity index (χ0) is 9.56. The van der Waals surface area contributed by atoms with Crippen LogP contribution in [0.15, 0.2) is 0 Å². The van der Waals surface area contributed by atoms with E-state index in [2.05, 4.69) is 4.90 Å². The van der Waals surface area contributed by atoms with Crippen molar-refractivity contribution in [1.29, 1.82) is 0 Å². The number of nitrogens with zero attached hydrogens (tertiary/aromatic N) is 3. The first kappa shape index (κ1) is 11.8. The van der Waals surface area contributed by atoms with E-state index in [-0.39, 0.29) is 0 Å². The van der Waals surface area contributed by atoms with E-state index in [4.69, 9.17) is 0 Å². The van der Waals surface area contributed by atoms with E-state index in [1.165, 1.54) is 5.17 Å². The normalized spacial score (nSPS) is 12.0. The molecule has 0 heterocycles. The van der Waals surface area contributed by atoms with Crippen LogP contribution in [0.3, 0.4) is 0 Å². The fourth-order valence-corrected chi connectivity index (χ4v) is 0.952. The number of hydrogen-bond acceptors (Lipinski definition) is 4. The highest BCUT2D eigenvalue weighted by molar-refractivity contribution is 4.50. The summed E-state index contributed by atoms with van der Waals surface area (Å²) in [7, 11) is 4.06. The molecule has 0 amide bonds. The fraction of sp³-hybridized carbons (Fsp3) is 1.00. The van der Waals surface area contributed by atoms with Crippen molar-refractivity contribution in [2.24, 2.45) is 0 Å². The van der Waals surface area contributed by atoms with Crippen LogP contribution in [0.2, 0.25) is 0 Å². The lowest BCUT2D eigenvalue weighted by Gasteiger charge is -2.28. The second-order valence-electron chi connectivity index (χ2n) is 3.04. The van der Waals surface area contributed by atoms with Gasteiger partial charge in [0.2, 0.25) is 0 Å². The molecule has 1 N–H and O–H groups in total. The summed E-state index contributed by atoms with van der Waals surface area (Å²) in [6.07, 6.45) is 0. The summed E-state index contributed by atoms with van der Waals surface area (Å²) >= 11 is 0. The second kappa shape index (κ2) is 6.37. The third-order valence-electron chi connectivity index (χ3n) is 1.78. The Labute approximate surface area is 75.3 Å². The molecule has 0 spiro atoms. The molecule has 0 fully saturated rings. The smallest absolute Gasteiger partial charge is 0.0373 e. The van der Waals surface area contributed by atoms with Crippen LogP contribution < -0.4 is 0 Å². The molecule has 0 aromatic heterocycles. The summed E-state index contributed by atoms with van der Waals surface area (Å²) < 4.78 is 0. The van der Waals surface area contributed by atoms with Crippen molar-refractivity contribution >= 4 is 0 Å². The van der Waals surface area contributed by atoms with E-state index >= 15 is 0 Å². The van der Waals surface area contributed by atoms with Gasteiger partial charge < -0.3 is 4.90 Å². The lowest BCUT2D eigenvalue weighted by atomic mass is 10.5. The summed E-state index contributed by atoms with van der Waals surface area (Å²) in [6, 6.07) is 0. The molecule has 0 saturated heterocycles. The van der Waals surface area contributed by atoms with Gasteiger partial charge in [-0.1, -0.05) is 6.92 Å². The lowest BCUT2D eigenvalue weighted by molar-refractivity contribution is -0.241. The zero-order valence-electron chi connectivity index (χ0n) is 8.62. The Morgan fingerprint density at radius 2 is 1.58 bits per heavy atom. The summed E-state index contributed by atoms with van der Waals surface area (Å²) in [6.45, 7) is 7.28. The van der Waals surface area contributed by atoms with Crippen LogP contribution in [-0.2, 0) is 0 Å². The van der Waals surface area contributed by atoms with E-state index in [0.29, 0.717) is 6.54 Å². The second-order valence-corrected chi connectivity index (χ2v) is 3.04. The molecule has 4 nitrogen and oxygen atoms in total. The molecule has 0 aliphatic rings. The van der Waals surface area contributed by atoms with Crippen molar-refractivity contribution in [1.82, 2.24) is 15.1 Å². The maximum Gasteiger partial charge on any atom is 0.0373 e. The minimum Gasteiger partial charge on any atom is -0.308 e. The van der Waals surface area contributed by atoms with E-state index in [0.717, 1.165) is 19.6 Å². The number of hydrazine groups is 1. The van der Waals surface area contributed by atoms with E-state index in [1.54, 1.807) is 0 Å². The quantitative estimate of drug-likeness (QED) is 0.595. The van der Waals surface area contributed by atoms with Crippen molar-refractivity contribution in [3.63, 3.8) is 0 Å². The molecule has 0 aromatic rings. The van der Waals surface area contributed by atoms with Gasteiger partial charge in [-0.05, 0) is 21.0 Å². The topological polar surface area (TPSA) is 30.0 Å².